The van der Waals surface area contributed by atoms with E-state index in [-0.39, 0.29) is 5.92 Å². The zero-order valence-electron chi connectivity index (χ0n) is 10.4. The van der Waals surface area contributed by atoms with Gasteiger partial charge < -0.3 is 5.32 Å². The SMILES string of the molecule is O=C(NC1CCCCC1)C1CCC(NI)CC1. The zero-order valence-corrected chi connectivity index (χ0v) is 12.5. The first-order valence-corrected chi connectivity index (χ1v) is 8.04. The van der Waals surface area contributed by atoms with E-state index in [1.165, 1.54) is 32.1 Å². The second-order valence-electron chi connectivity index (χ2n) is 5.50. The Morgan fingerprint density at radius 2 is 1.53 bits per heavy atom. The van der Waals surface area contributed by atoms with Crippen LogP contribution in [-0.2, 0) is 4.79 Å². The molecule has 0 spiro atoms. The molecular weight excluding hydrogens is 327 g/mol. The number of carbonyl (C=O) groups is 1. The maximum absolute atomic E-state index is 12.1. The van der Waals surface area contributed by atoms with E-state index >= 15 is 0 Å². The first-order valence-electron chi connectivity index (χ1n) is 6.96. The predicted molar refractivity (Wildman–Crippen MR) is 77.9 cm³/mol. The van der Waals surface area contributed by atoms with E-state index < -0.39 is 0 Å². The van der Waals surface area contributed by atoms with Crippen LogP contribution >= 0.6 is 22.9 Å². The summed E-state index contributed by atoms with van der Waals surface area (Å²) in [5.74, 6) is 0.599. The molecule has 1 amide bonds. The van der Waals surface area contributed by atoms with Gasteiger partial charge in [-0.25, -0.2) is 0 Å². The van der Waals surface area contributed by atoms with Gasteiger partial charge in [0.05, 0.1) is 0 Å². The van der Waals surface area contributed by atoms with Gasteiger partial charge in [0.15, 0.2) is 0 Å². The smallest absolute Gasteiger partial charge is 0.223 e. The molecule has 2 saturated carbocycles. The van der Waals surface area contributed by atoms with E-state index in [4.69, 9.17) is 0 Å². The normalized spacial score (nSPS) is 31.1. The van der Waals surface area contributed by atoms with Gasteiger partial charge in [-0.15, -0.1) is 0 Å². The fraction of sp³-hybridized carbons (Fsp3) is 0.923. The van der Waals surface area contributed by atoms with E-state index in [9.17, 15) is 4.79 Å². The zero-order chi connectivity index (χ0) is 12.1. The van der Waals surface area contributed by atoms with Crippen LogP contribution < -0.4 is 8.85 Å². The highest BCUT2D eigenvalue weighted by molar-refractivity contribution is 14.1. The van der Waals surface area contributed by atoms with Gasteiger partial charge in [0, 0.05) is 40.9 Å². The number of nitrogens with one attached hydrogen (secondary N) is 2. The van der Waals surface area contributed by atoms with Crippen molar-refractivity contribution in [1.82, 2.24) is 8.85 Å². The first kappa shape index (κ1) is 13.6. The van der Waals surface area contributed by atoms with Crippen LogP contribution in [-0.4, -0.2) is 18.0 Å². The third kappa shape index (κ3) is 4.09. The van der Waals surface area contributed by atoms with Crippen molar-refractivity contribution in [2.24, 2.45) is 5.92 Å². The lowest BCUT2D eigenvalue weighted by Crippen LogP contribution is -2.42. The number of hydrogen-bond acceptors (Lipinski definition) is 2. The molecule has 0 saturated heterocycles. The Kier molecular flexibility index (Phi) is 5.53. The van der Waals surface area contributed by atoms with Crippen molar-refractivity contribution in [3.63, 3.8) is 0 Å². The highest BCUT2D eigenvalue weighted by atomic mass is 127. The van der Waals surface area contributed by atoms with Gasteiger partial charge in [-0.1, -0.05) is 19.3 Å². The third-order valence-electron chi connectivity index (χ3n) is 4.20. The maximum Gasteiger partial charge on any atom is 0.223 e. The summed E-state index contributed by atoms with van der Waals surface area (Å²) in [6.07, 6.45) is 10.7. The molecule has 2 N–H and O–H groups in total. The van der Waals surface area contributed by atoms with Crippen molar-refractivity contribution in [3.8, 4) is 0 Å². The standard InChI is InChI=1S/C13H23IN2O/c14-16-12-8-6-10(7-9-12)13(17)15-11-4-2-1-3-5-11/h10-12,16H,1-9H2,(H,15,17). The maximum atomic E-state index is 12.1. The Morgan fingerprint density at radius 1 is 0.882 bits per heavy atom. The van der Waals surface area contributed by atoms with E-state index in [0.29, 0.717) is 18.0 Å². The van der Waals surface area contributed by atoms with Crippen molar-refractivity contribution in [2.75, 3.05) is 0 Å². The van der Waals surface area contributed by atoms with Crippen molar-refractivity contribution in [1.29, 1.82) is 0 Å². The molecule has 0 atom stereocenters. The summed E-state index contributed by atoms with van der Waals surface area (Å²) in [7, 11) is 0. The van der Waals surface area contributed by atoms with Crippen LogP contribution in [0.15, 0.2) is 0 Å². The van der Waals surface area contributed by atoms with Crippen molar-refractivity contribution in [2.45, 2.75) is 69.9 Å². The summed E-state index contributed by atoms with van der Waals surface area (Å²) in [4.78, 5) is 12.1. The predicted octanol–water partition coefficient (Wildman–Crippen LogP) is 2.93. The monoisotopic (exact) mass is 350 g/mol. The van der Waals surface area contributed by atoms with Crippen LogP contribution in [0.4, 0.5) is 0 Å². The fourth-order valence-corrected chi connectivity index (χ4v) is 3.65. The van der Waals surface area contributed by atoms with Gasteiger partial charge in [0.25, 0.3) is 0 Å². The van der Waals surface area contributed by atoms with Crippen LogP contribution in [0.2, 0.25) is 0 Å². The Labute approximate surface area is 118 Å². The molecule has 0 aliphatic heterocycles. The molecule has 0 unspecified atom stereocenters. The minimum Gasteiger partial charge on any atom is -0.353 e. The summed E-state index contributed by atoms with van der Waals surface area (Å²) in [5.41, 5.74) is 0. The molecule has 0 bridgehead atoms. The quantitative estimate of drug-likeness (QED) is 0.607. The molecule has 2 aliphatic rings. The van der Waals surface area contributed by atoms with Gasteiger partial charge in [0.2, 0.25) is 5.91 Å². The molecule has 0 heterocycles. The second-order valence-corrected chi connectivity index (χ2v) is 6.12. The average Bonchev–Trinajstić information content (AvgIpc) is 2.40. The third-order valence-corrected chi connectivity index (χ3v) is 5.08. The lowest BCUT2D eigenvalue weighted by molar-refractivity contribution is -0.126. The van der Waals surface area contributed by atoms with Crippen LogP contribution in [0.25, 0.3) is 0 Å². The number of amides is 1. The fourth-order valence-electron chi connectivity index (χ4n) is 3.03. The van der Waals surface area contributed by atoms with Crippen molar-refractivity contribution in [3.05, 3.63) is 0 Å². The minimum absolute atomic E-state index is 0.276. The highest BCUT2D eigenvalue weighted by Crippen LogP contribution is 2.26. The Morgan fingerprint density at radius 3 is 2.12 bits per heavy atom. The average molecular weight is 350 g/mol. The van der Waals surface area contributed by atoms with E-state index in [0.717, 1.165) is 25.7 Å². The molecule has 3 nitrogen and oxygen atoms in total. The topological polar surface area (TPSA) is 41.1 Å². The van der Waals surface area contributed by atoms with Crippen LogP contribution in [0.1, 0.15) is 57.8 Å². The summed E-state index contributed by atoms with van der Waals surface area (Å²) >= 11 is 2.23. The summed E-state index contributed by atoms with van der Waals surface area (Å²) < 4.78 is 3.28. The molecule has 2 rings (SSSR count). The Hall–Kier alpha value is 0.160. The largest absolute Gasteiger partial charge is 0.353 e. The molecule has 0 aromatic rings. The van der Waals surface area contributed by atoms with Gasteiger partial charge in [-0.3, -0.25) is 8.32 Å². The van der Waals surface area contributed by atoms with Crippen molar-refractivity contribution >= 4 is 28.8 Å². The number of hydrogen-bond donors (Lipinski definition) is 2. The molecule has 2 fully saturated rings. The molecule has 98 valence electrons. The molecule has 2 aliphatic carbocycles. The molecule has 17 heavy (non-hydrogen) atoms. The van der Waals surface area contributed by atoms with Crippen LogP contribution in [0.5, 0.6) is 0 Å². The number of halogens is 1. The van der Waals surface area contributed by atoms with Gasteiger partial charge in [0.1, 0.15) is 0 Å². The summed E-state index contributed by atoms with van der Waals surface area (Å²) in [6, 6.07) is 1.09. The van der Waals surface area contributed by atoms with E-state index in [1.807, 2.05) is 0 Å². The number of rotatable bonds is 3. The molecular formula is C13H23IN2O. The Balaban J connectivity index is 1.72. The minimum atomic E-state index is 0.276. The van der Waals surface area contributed by atoms with E-state index in [2.05, 4.69) is 31.7 Å². The molecule has 0 radical (unpaired) electrons. The summed E-state index contributed by atoms with van der Waals surface area (Å²) in [6.45, 7) is 0. The highest BCUT2D eigenvalue weighted by Gasteiger charge is 2.27. The molecule has 0 aromatic heterocycles. The van der Waals surface area contributed by atoms with Gasteiger partial charge in [-0.05, 0) is 38.5 Å². The van der Waals surface area contributed by atoms with Crippen molar-refractivity contribution < 1.29 is 4.79 Å². The Bertz CT molecular complexity index is 246. The lowest BCUT2D eigenvalue weighted by atomic mass is 9.85. The lowest BCUT2D eigenvalue weighted by Gasteiger charge is -2.29. The van der Waals surface area contributed by atoms with Crippen LogP contribution in [0.3, 0.4) is 0 Å². The van der Waals surface area contributed by atoms with Gasteiger partial charge in [-0.2, -0.15) is 0 Å². The second kappa shape index (κ2) is 6.92. The first-order chi connectivity index (χ1) is 8.29. The molecule has 0 aromatic carbocycles. The van der Waals surface area contributed by atoms with Crippen LogP contribution in [0, 0.1) is 5.92 Å². The number of carbonyl (C=O) groups excluding carboxylic acids is 1. The molecule has 4 heteroatoms. The van der Waals surface area contributed by atoms with Gasteiger partial charge >= 0.3 is 0 Å². The van der Waals surface area contributed by atoms with E-state index in [1.54, 1.807) is 0 Å². The summed E-state index contributed by atoms with van der Waals surface area (Å²) in [5, 5.41) is 3.26.